The van der Waals surface area contributed by atoms with Gasteiger partial charge in [-0.25, -0.2) is 8.42 Å². The van der Waals surface area contributed by atoms with E-state index in [1.807, 2.05) is 7.05 Å². The van der Waals surface area contributed by atoms with Gasteiger partial charge in [-0.2, -0.15) is 8.42 Å². The smallest absolute Gasteiger partial charge is 0.283 e. The number of amides is 1. The van der Waals surface area contributed by atoms with Crippen molar-refractivity contribution >= 4 is 53.2 Å². The number of likely N-dealkylation sites (N-methyl/N-ethyl adjacent to an activating group) is 2. The minimum absolute atomic E-state index is 0.0358. The number of alkyl halides is 1. The molecule has 0 atom stereocenters. The zero-order valence-electron chi connectivity index (χ0n) is 21.4. The second-order valence-electron chi connectivity index (χ2n) is 8.94. The molecular formula is C21H34BrN5O8S2. The molecular weight excluding hydrogens is 594 g/mol. The highest BCUT2D eigenvalue weighted by Crippen LogP contribution is 2.34. The van der Waals surface area contributed by atoms with Crippen molar-refractivity contribution < 1.29 is 30.7 Å². The van der Waals surface area contributed by atoms with Gasteiger partial charge in [0, 0.05) is 77.1 Å². The third-order valence-corrected chi connectivity index (χ3v) is 8.03. The van der Waals surface area contributed by atoms with Crippen LogP contribution in [0.5, 0.6) is 0 Å². The summed E-state index contributed by atoms with van der Waals surface area (Å²) >= 11 is 3.28. The molecule has 0 bridgehead atoms. The number of nitro groups is 1. The lowest BCUT2D eigenvalue weighted by atomic mass is 10.1. The van der Waals surface area contributed by atoms with Crippen LogP contribution >= 0.6 is 15.9 Å². The lowest BCUT2D eigenvalue weighted by Crippen LogP contribution is -2.47. The first-order valence-electron chi connectivity index (χ1n) is 11.5. The number of halogens is 1. The number of carbonyl (C=O) groups is 1. The summed E-state index contributed by atoms with van der Waals surface area (Å²) in [5.41, 5.74) is -0.816. The highest BCUT2D eigenvalue weighted by molar-refractivity contribution is 9.09. The Morgan fingerprint density at radius 2 is 1.73 bits per heavy atom. The first kappa shape index (κ1) is 31.4. The molecule has 1 aliphatic heterocycles. The van der Waals surface area contributed by atoms with Gasteiger partial charge in [-0.15, -0.1) is 0 Å². The summed E-state index contributed by atoms with van der Waals surface area (Å²) in [5.74, 6) is -0.617. The number of nitrogens with zero attached hydrogens (tertiary/aromatic N) is 5. The van der Waals surface area contributed by atoms with Gasteiger partial charge in [0.1, 0.15) is 5.56 Å². The molecule has 0 saturated carbocycles. The van der Waals surface area contributed by atoms with Crippen LogP contribution in [0, 0.1) is 10.1 Å². The Bertz CT molecular complexity index is 1190. The summed E-state index contributed by atoms with van der Waals surface area (Å²) in [4.78, 5) is 31.4. The molecule has 0 spiro atoms. The van der Waals surface area contributed by atoms with Gasteiger partial charge in [-0.05, 0) is 13.1 Å². The van der Waals surface area contributed by atoms with Crippen molar-refractivity contribution in [3.05, 3.63) is 27.8 Å². The van der Waals surface area contributed by atoms with Crippen LogP contribution in [0.1, 0.15) is 10.4 Å². The summed E-state index contributed by atoms with van der Waals surface area (Å²) in [6.45, 7) is 4.35. The number of sulfone groups is 1. The monoisotopic (exact) mass is 627 g/mol. The van der Waals surface area contributed by atoms with Gasteiger partial charge in [0.15, 0.2) is 9.84 Å². The molecule has 0 radical (unpaired) electrons. The van der Waals surface area contributed by atoms with E-state index in [-0.39, 0.29) is 35.8 Å². The minimum atomic E-state index is -3.95. The molecule has 0 aliphatic carbocycles. The second-order valence-corrected chi connectivity index (χ2v) is 13.4. The molecule has 1 aliphatic rings. The molecule has 13 nitrogen and oxygen atoms in total. The first-order chi connectivity index (χ1) is 17.1. The molecule has 0 N–H and O–H groups in total. The van der Waals surface area contributed by atoms with Crippen LogP contribution in [0.15, 0.2) is 17.0 Å². The average molecular weight is 629 g/mol. The van der Waals surface area contributed by atoms with Crippen molar-refractivity contribution in [1.29, 1.82) is 0 Å². The summed E-state index contributed by atoms with van der Waals surface area (Å²) in [7, 11) is -4.11. The number of carbonyl (C=O) groups excluding carboxylic acids is 1. The Morgan fingerprint density at radius 1 is 1.11 bits per heavy atom. The molecule has 16 heteroatoms. The largest absolute Gasteiger partial charge is 0.367 e. The number of anilines is 1. The molecule has 1 aromatic carbocycles. The number of hydrogen-bond donors (Lipinski definition) is 0. The average Bonchev–Trinajstić information content (AvgIpc) is 2.80. The zero-order chi connectivity index (χ0) is 28.0. The SMILES string of the molecule is CN1CCN(CCN(C)C(=O)c2cc(N(CCBr)CCOS(C)(=O)=O)c(S(C)(=O)=O)cc2[N+](=O)[O-])CC1. The van der Waals surface area contributed by atoms with Crippen LogP contribution in [-0.2, 0) is 24.1 Å². The molecule has 2 rings (SSSR count). The number of rotatable bonds is 13. The predicted molar refractivity (Wildman–Crippen MR) is 144 cm³/mol. The zero-order valence-corrected chi connectivity index (χ0v) is 24.6. The topological polar surface area (TPSA) is 151 Å². The van der Waals surface area contributed by atoms with E-state index < -0.39 is 36.5 Å². The predicted octanol–water partition coefficient (Wildman–Crippen LogP) is 0.495. The number of nitro benzene ring substituents is 1. The Hall–Kier alpha value is -1.85. The van der Waals surface area contributed by atoms with Gasteiger partial charge in [0.05, 0.1) is 28.4 Å². The van der Waals surface area contributed by atoms with E-state index in [9.17, 15) is 31.7 Å². The van der Waals surface area contributed by atoms with E-state index in [1.54, 1.807) is 7.05 Å². The number of benzene rings is 1. The maximum absolute atomic E-state index is 13.3. The van der Waals surface area contributed by atoms with Gasteiger partial charge in [0.2, 0.25) is 0 Å². The van der Waals surface area contributed by atoms with Crippen molar-refractivity contribution in [2.24, 2.45) is 0 Å². The number of hydrogen-bond acceptors (Lipinski definition) is 11. The fourth-order valence-corrected chi connectivity index (χ4v) is 5.55. The number of piperazine rings is 1. The van der Waals surface area contributed by atoms with Crippen molar-refractivity contribution in [3.63, 3.8) is 0 Å². The van der Waals surface area contributed by atoms with E-state index in [0.29, 0.717) is 18.4 Å². The molecule has 1 amide bonds. The maximum Gasteiger partial charge on any atom is 0.283 e. The van der Waals surface area contributed by atoms with Gasteiger partial charge >= 0.3 is 0 Å². The standard InChI is InChI=1S/C21H34BrN5O8S2/c1-23-7-10-25(11-8-23)12-9-24(2)21(28)17-15-19(20(36(3,31)32)16-18(17)27(29)30)26(6-5-22)13-14-35-37(4,33)34/h15-16H,5-14H2,1-4H3. The van der Waals surface area contributed by atoms with Gasteiger partial charge in [-0.1, -0.05) is 15.9 Å². The van der Waals surface area contributed by atoms with E-state index in [0.717, 1.165) is 44.8 Å². The molecule has 1 aromatic rings. The molecule has 1 saturated heterocycles. The van der Waals surface area contributed by atoms with Crippen LogP contribution < -0.4 is 4.90 Å². The Balaban J connectivity index is 2.43. The van der Waals surface area contributed by atoms with Crippen LogP contribution in [0.3, 0.4) is 0 Å². The van der Waals surface area contributed by atoms with Crippen LogP contribution in [0.2, 0.25) is 0 Å². The summed E-state index contributed by atoms with van der Waals surface area (Å²) in [6.07, 6.45) is 1.81. The molecule has 0 unspecified atom stereocenters. The third-order valence-electron chi connectivity index (χ3n) is 5.95. The van der Waals surface area contributed by atoms with Crippen molar-refractivity contribution in [2.45, 2.75) is 4.90 Å². The van der Waals surface area contributed by atoms with Crippen LogP contribution in [0.25, 0.3) is 0 Å². The fourth-order valence-electron chi connectivity index (χ4n) is 3.85. The van der Waals surface area contributed by atoms with E-state index in [2.05, 4.69) is 25.7 Å². The fraction of sp³-hybridized carbons (Fsp3) is 0.667. The summed E-state index contributed by atoms with van der Waals surface area (Å²) in [5, 5.41) is 12.2. The van der Waals surface area contributed by atoms with Crippen LogP contribution in [0.4, 0.5) is 11.4 Å². The quantitative estimate of drug-likeness (QED) is 0.130. The maximum atomic E-state index is 13.3. The van der Waals surface area contributed by atoms with Crippen molar-refractivity contribution in [3.8, 4) is 0 Å². The lowest BCUT2D eigenvalue weighted by molar-refractivity contribution is -0.385. The second kappa shape index (κ2) is 13.3. The van der Waals surface area contributed by atoms with E-state index in [1.165, 1.54) is 15.9 Å². The Morgan fingerprint density at radius 3 is 2.24 bits per heavy atom. The third kappa shape index (κ3) is 9.44. The van der Waals surface area contributed by atoms with E-state index in [4.69, 9.17) is 4.18 Å². The lowest BCUT2D eigenvalue weighted by Gasteiger charge is -2.33. The van der Waals surface area contributed by atoms with Gasteiger partial charge in [-0.3, -0.25) is 24.0 Å². The molecule has 37 heavy (non-hydrogen) atoms. The molecule has 0 aromatic heterocycles. The Labute approximate surface area is 226 Å². The Kier molecular flexibility index (Phi) is 11.3. The highest BCUT2D eigenvalue weighted by Gasteiger charge is 2.30. The highest BCUT2D eigenvalue weighted by atomic mass is 79.9. The summed E-state index contributed by atoms with van der Waals surface area (Å²) < 4.78 is 52.8. The minimum Gasteiger partial charge on any atom is -0.367 e. The van der Waals surface area contributed by atoms with Gasteiger partial charge in [0.25, 0.3) is 21.7 Å². The van der Waals surface area contributed by atoms with Crippen molar-refractivity contribution in [1.82, 2.24) is 14.7 Å². The normalized spacial score (nSPS) is 15.5. The molecule has 1 heterocycles. The van der Waals surface area contributed by atoms with Crippen LogP contribution in [-0.4, -0.2) is 133 Å². The van der Waals surface area contributed by atoms with Gasteiger partial charge < -0.3 is 14.7 Å². The molecule has 1 fully saturated rings. The van der Waals surface area contributed by atoms with E-state index >= 15 is 0 Å². The summed E-state index contributed by atoms with van der Waals surface area (Å²) in [6, 6.07) is 2.09. The first-order valence-corrected chi connectivity index (χ1v) is 16.3. The van der Waals surface area contributed by atoms with Crippen molar-refractivity contribution in [2.75, 3.05) is 95.8 Å². The molecule has 210 valence electrons.